The van der Waals surface area contributed by atoms with Crippen molar-refractivity contribution in [1.82, 2.24) is 4.90 Å². The third-order valence-corrected chi connectivity index (χ3v) is 4.74. The Morgan fingerprint density at radius 2 is 2.00 bits per heavy atom. The van der Waals surface area contributed by atoms with Crippen LogP contribution >= 0.6 is 0 Å². The number of rotatable bonds is 4. The van der Waals surface area contributed by atoms with Crippen molar-refractivity contribution in [3.8, 4) is 0 Å². The van der Waals surface area contributed by atoms with Crippen LogP contribution in [0.25, 0.3) is 5.57 Å². The molecule has 1 N–H and O–H groups in total. The Bertz CT molecular complexity index is 551. The Balaban J connectivity index is 2.19. The molecule has 1 unspecified atom stereocenters. The SMILES string of the molecule is CCC(N1CCC=C(c2ccccc2)C1)S(=O)(=O)O. The summed E-state index contributed by atoms with van der Waals surface area (Å²) in [6.07, 6.45) is 3.33. The fourth-order valence-corrected chi connectivity index (χ4v) is 3.51. The van der Waals surface area contributed by atoms with Gasteiger partial charge in [0.2, 0.25) is 0 Å². The van der Waals surface area contributed by atoms with Gasteiger partial charge in [0, 0.05) is 13.1 Å². The van der Waals surface area contributed by atoms with Gasteiger partial charge in [-0.25, -0.2) is 0 Å². The molecule has 104 valence electrons. The summed E-state index contributed by atoms with van der Waals surface area (Å²) in [5.41, 5.74) is 2.23. The maximum absolute atomic E-state index is 11.4. The van der Waals surface area contributed by atoms with Crippen molar-refractivity contribution < 1.29 is 13.0 Å². The van der Waals surface area contributed by atoms with Crippen molar-refractivity contribution >= 4 is 15.7 Å². The molecule has 1 aliphatic heterocycles. The van der Waals surface area contributed by atoms with Gasteiger partial charge in [-0.2, -0.15) is 8.42 Å². The van der Waals surface area contributed by atoms with Crippen LogP contribution in [0.2, 0.25) is 0 Å². The van der Waals surface area contributed by atoms with E-state index in [-0.39, 0.29) is 0 Å². The zero-order valence-electron chi connectivity index (χ0n) is 11.0. The van der Waals surface area contributed by atoms with E-state index in [2.05, 4.69) is 6.08 Å². The molecule has 1 aliphatic rings. The lowest BCUT2D eigenvalue weighted by Gasteiger charge is -2.32. The lowest BCUT2D eigenvalue weighted by Crippen LogP contribution is -2.43. The maximum Gasteiger partial charge on any atom is 0.281 e. The number of hydrogen-bond acceptors (Lipinski definition) is 3. The molecule has 0 saturated heterocycles. The van der Waals surface area contributed by atoms with E-state index in [4.69, 9.17) is 0 Å². The van der Waals surface area contributed by atoms with Gasteiger partial charge in [-0.15, -0.1) is 0 Å². The highest BCUT2D eigenvalue weighted by atomic mass is 32.2. The first-order valence-electron chi connectivity index (χ1n) is 6.47. The van der Waals surface area contributed by atoms with Crippen LogP contribution in [0.3, 0.4) is 0 Å². The van der Waals surface area contributed by atoms with Crippen molar-refractivity contribution in [1.29, 1.82) is 0 Å². The van der Waals surface area contributed by atoms with E-state index >= 15 is 0 Å². The van der Waals surface area contributed by atoms with E-state index < -0.39 is 15.5 Å². The van der Waals surface area contributed by atoms with Crippen LogP contribution in [-0.2, 0) is 10.1 Å². The summed E-state index contributed by atoms with van der Waals surface area (Å²) in [5.74, 6) is 0. The Hall–Kier alpha value is -1.17. The fourth-order valence-electron chi connectivity index (χ4n) is 2.53. The normalized spacial score (nSPS) is 18.9. The van der Waals surface area contributed by atoms with Gasteiger partial charge in [0.1, 0.15) is 5.37 Å². The van der Waals surface area contributed by atoms with Crippen molar-refractivity contribution in [2.75, 3.05) is 13.1 Å². The highest BCUT2D eigenvalue weighted by Crippen LogP contribution is 2.24. The maximum atomic E-state index is 11.4. The van der Waals surface area contributed by atoms with Gasteiger partial charge in [0.25, 0.3) is 10.1 Å². The molecule has 0 saturated carbocycles. The Labute approximate surface area is 114 Å². The molecule has 0 aromatic heterocycles. The molecule has 0 spiro atoms. The average Bonchev–Trinajstić information content (AvgIpc) is 2.39. The molecule has 1 atom stereocenters. The summed E-state index contributed by atoms with van der Waals surface area (Å²) in [4.78, 5) is 1.83. The lowest BCUT2D eigenvalue weighted by atomic mass is 10.0. The van der Waals surface area contributed by atoms with E-state index in [0.29, 0.717) is 19.5 Å². The Morgan fingerprint density at radius 3 is 2.58 bits per heavy atom. The molecule has 1 aromatic carbocycles. The standard InChI is InChI=1S/C14H19NO3S/c1-2-14(19(16,17)18)15-10-6-9-13(11-15)12-7-4-3-5-8-12/h3-5,7-9,14H,2,6,10-11H2,1H3,(H,16,17,18). The number of benzene rings is 1. The van der Waals surface area contributed by atoms with Gasteiger partial charge in [-0.05, 0) is 24.0 Å². The molecule has 0 radical (unpaired) electrons. The van der Waals surface area contributed by atoms with Crippen LogP contribution in [-0.4, -0.2) is 36.3 Å². The third kappa shape index (κ3) is 3.43. The largest absolute Gasteiger partial charge is 0.284 e. The molecule has 4 nitrogen and oxygen atoms in total. The van der Waals surface area contributed by atoms with Gasteiger partial charge in [0.15, 0.2) is 0 Å². The summed E-state index contributed by atoms with van der Waals surface area (Å²) in [7, 11) is -4.02. The van der Waals surface area contributed by atoms with Crippen molar-refractivity contribution in [2.24, 2.45) is 0 Å². The predicted octanol–water partition coefficient (Wildman–Crippen LogP) is 2.40. The van der Waals surface area contributed by atoms with Crippen LogP contribution in [0.15, 0.2) is 36.4 Å². The quantitative estimate of drug-likeness (QED) is 0.861. The monoisotopic (exact) mass is 281 g/mol. The fraction of sp³-hybridized carbons (Fsp3) is 0.429. The minimum Gasteiger partial charge on any atom is -0.284 e. The number of hydrogen-bond donors (Lipinski definition) is 1. The topological polar surface area (TPSA) is 57.6 Å². The molecule has 5 heteroatoms. The summed E-state index contributed by atoms with van der Waals surface area (Å²) in [6, 6.07) is 9.93. The zero-order chi connectivity index (χ0) is 13.9. The minimum atomic E-state index is -4.02. The van der Waals surface area contributed by atoms with Crippen molar-refractivity contribution in [3.05, 3.63) is 42.0 Å². The molecule has 0 bridgehead atoms. The first-order chi connectivity index (χ1) is 9.02. The van der Waals surface area contributed by atoms with Crippen LogP contribution in [0.1, 0.15) is 25.3 Å². The average molecular weight is 281 g/mol. The van der Waals surface area contributed by atoms with Gasteiger partial charge >= 0.3 is 0 Å². The lowest BCUT2D eigenvalue weighted by molar-refractivity contribution is 0.256. The molecule has 2 rings (SSSR count). The molecule has 0 aliphatic carbocycles. The second-order valence-electron chi connectivity index (χ2n) is 4.73. The summed E-state index contributed by atoms with van der Waals surface area (Å²) in [6.45, 7) is 3.00. The van der Waals surface area contributed by atoms with E-state index in [0.717, 1.165) is 17.6 Å². The molecule has 19 heavy (non-hydrogen) atoms. The van der Waals surface area contributed by atoms with E-state index in [1.807, 2.05) is 35.2 Å². The Kier molecular flexibility index (Phi) is 4.39. The molecule has 0 amide bonds. The summed E-state index contributed by atoms with van der Waals surface area (Å²) in [5, 5.41) is -0.806. The van der Waals surface area contributed by atoms with E-state index in [9.17, 15) is 13.0 Å². The van der Waals surface area contributed by atoms with Crippen LogP contribution in [0.5, 0.6) is 0 Å². The summed E-state index contributed by atoms with van der Waals surface area (Å²) < 4.78 is 32.1. The first kappa shape index (κ1) is 14.2. The summed E-state index contributed by atoms with van der Waals surface area (Å²) >= 11 is 0. The number of nitrogens with zero attached hydrogens (tertiary/aromatic N) is 1. The minimum absolute atomic E-state index is 0.390. The van der Waals surface area contributed by atoms with E-state index in [1.54, 1.807) is 6.92 Å². The molecular weight excluding hydrogens is 262 g/mol. The van der Waals surface area contributed by atoms with Crippen LogP contribution < -0.4 is 0 Å². The molecule has 0 fully saturated rings. The van der Waals surface area contributed by atoms with Gasteiger partial charge in [-0.1, -0.05) is 43.3 Å². The Morgan fingerprint density at radius 1 is 1.32 bits per heavy atom. The van der Waals surface area contributed by atoms with Gasteiger partial charge in [-0.3, -0.25) is 9.45 Å². The highest BCUT2D eigenvalue weighted by molar-refractivity contribution is 7.86. The van der Waals surface area contributed by atoms with Gasteiger partial charge < -0.3 is 0 Å². The van der Waals surface area contributed by atoms with Crippen LogP contribution in [0.4, 0.5) is 0 Å². The van der Waals surface area contributed by atoms with Gasteiger partial charge in [0.05, 0.1) is 0 Å². The van der Waals surface area contributed by atoms with Crippen molar-refractivity contribution in [3.63, 3.8) is 0 Å². The van der Waals surface area contributed by atoms with Crippen molar-refractivity contribution in [2.45, 2.75) is 25.1 Å². The molecule has 1 heterocycles. The third-order valence-electron chi connectivity index (χ3n) is 3.43. The second-order valence-corrected chi connectivity index (χ2v) is 6.31. The predicted molar refractivity (Wildman–Crippen MR) is 76.2 cm³/mol. The zero-order valence-corrected chi connectivity index (χ0v) is 11.8. The van der Waals surface area contributed by atoms with E-state index in [1.165, 1.54) is 0 Å². The second kappa shape index (κ2) is 5.86. The van der Waals surface area contributed by atoms with Crippen LogP contribution in [0, 0.1) is 0 Å². The molecular formula is C14H19NO3S. The smallest absolute Gasteiger partial charge is 0.281 e. The first-order valence-corrected chi connectivity index (χ1v) is 7.97. The molecule has 1 aromatic rings. The highest BCUT2D eigenvalue weighted by Gasteiger charge is 2.29.